The van der Waals surface area contributed by atoms with Crippen LogP contribution in [0.2, 0.25) is 0 Å². The van der Waals surface area contributed by atoms with E-state index in [1.165, 1.54) is 18.1 Å². The molecule has 0 bridgehead atoms. The molecule has 0 atom stereocenters. The Morgan fingerprint density at radius 1 is 1.32 bits per heavy atom. The van der Waals surface area contributed by atoms with Crippen molar-refractivity contribution < 1.29 is 19.1 Å². The first-order chi connectivity index (χ1) is 9.08. The van der Waals surface area contributed by atoms with E-state index in [-0.39, 0.29) is 12.3 Å². The van der Waals surface area contributed by atoms with E-state index in [2.05, 4.69) is 0 Å². The monoisotopic (exact) mass is 261 g/mol. The van der Waals surface area contributed by atoms with Gasteiger partial charge in [0.05, 0.1) is 24.9 Å². The fourth-order valence-corrected chi connectivity index (χ4v) is 2.10. The van der Waals surface area contributed by atoms with Gasteiger partial charge in [0.25, 0.3) is 11.7 Å². The third-order valence-electron chi connectivity index (χ3n) is 3.04. The lowest BCUT2D eigenvalue weighted by Crippen LogP contribution is -2.34. The highest BCUT2D eigenvalue weighted by Gasteiger charge is 2.36. The molecule has 5 heteroatoms. The summed E-state index contributed by atoms with van der Waals surface area (Å²) in [5.74, 6) is -0.764. The molecule has 0 saturated carbocycles. The molecule has 0 unspecified atom stereocenters. The average molecular weight is 261 g/mol. The lowest BCUT2D eigenvalue weighted by atomic mass is 10.1. The van der Waals surface area contributed by atoms with Crippen LogP contribution in [0.3, 0.4) is 0 Å². The molecule has 0 N–H and O–H groups in total. The third-order valence-corrected chi connectivity index (χ3v) is 3.04. The van der Waals surface area contributed by atoms with Gasteiger partial charge < -0.3 is 4.74 Å². The minimum atomic E-state index is -0.646. The van der Waals surface area contributed by atoms with Crippen LogP contribution >= 0.6 is 0 Å². The summed E-state index contributed by atoms with van der Waals surface area (Å²) in [4.78, 5) is 36.6. The van der Waals surface area contributed by atoms with Crippen LogP contribution in [0.4, 0.5) is 5.69 Å². The zero-order valence-electron chi connectivity index (χ0n) is 10.9. The van der Waals surface area contributed by atoms with Crippen molar-refractivity contribution in [3.05, 3.63) is 23.8 Å². The van der Waals surface area contributed by atoms with Gasteiger partial charge in [-0.05, 0) is 24.6 Å². The molecular weight excluding hydrogens is 246 g/mol. The topological polar surface area (TPSA) is 63.7 Å². The molecule has 19 heavy (non-hydrogen) atoms. The molecular formula is C14H15NO4. The molecule has 0 radical (unpaired) electrons. The van der Waals surface area contributed by atoms with Crippen LogP contribution in [-0.4, -0.2) is 31.1 Å². The van der Waals surface area contributed by atoms with Gasteiger partial charge in [0, 0.05) is 6.42 Å². The summed E-state index contributed by atoms with van der Waals surface area (Å²) >= 11 is 0. The second-order valence-corrected chi connectivity index (χ2v) is 4.39. The second-order valence-electron chi connectivity index (χ2n) is 4.39. The zero-order valence-corrected chi connectivity index (χ0v) is 10.9. The summed E-state index contributed by atoms with van der Waals surface area (Å²) in [6.07, 6.45) is 1.13. The molecule has 1 aliphatic heterocycles. The number of hydrogen-bond donors (Lipinski definition) is 0. The first-order valence-corrected chi connectivity index (χ1v) is 6.14. The van der Waals surface area contributed by atoms with E-state index >= 15 is 0 Å². The van der Waals surface area contributed by atoms with E-state index < -0.39 is 11.7 Å². The number of anilines is 1. The molecule has 0 saturated heterocycles. The van der Waals surface area contributed by atoms with Gasteiger partial charge in [0.1, 0.15) is 5.75 Å². The fraction of sp³-hybridized carbons (Fsp3) is 0.357. The first-order valence-electron chi connectivity index (χ1n) is 6.14. The number of carbonyl (C=O) groups is 3. The molecule has 0 aromatic heterocycles. The molecule has 1 aliphatic rings. The molecule has 1 amide bonds. The van der Waals surface area contributed by atoms with E-state index in [0.29, 0.717) is 23.4 Å². The summed E-state index contributed by atoms with van der Waals surface area (Å²) in [5, 5.41) is 0. The van der Waals surface area contributed by atoms with Gasteiger partial charge in [-0.3, -0.25) is 19.3 Å². The third kappa shape index (κ3) is 2.36. The predicted octanol–water partition coefficient (Wildman–Crippen LogP) is 1.59. The van der Waals surface area contributed by atoms with Crippen molar-refractivity contribution in [2.75, 3.05) is 18.6 Å². The number of benzene rings is 1. The SMILES string of the molecule is CCCC(=O)CN1C(=O)C(=O)c2cc(OC)ccc21. The second kappa shape index (κ2) is 5.22. The van der Waals surface area contributed by atoms with Crippen molar-refractivity contribution in [2.24, 2.45) is 0 Å². The summed E-state index contributed by atoms with van der Waals surface area (Å²) < 4.78 is 5.03. The Labute approximate surface area is 111 Å². The summed E-state index contributed by atoms with van der Waals surface area (Å²) in [6.45, 7) is 1.85. The van der Waals surface area contributed by atoms with Crippen molar-refractivity contribution in [3.63, 3.8) is 0 Å². The van der Waals surface area contributed by atoms with E-state index in [1.54, 1.807) is 12.1 Å². The minimum absolute atomic E-state index is 0.0439. The Hall–Kier alpha value is -2.17. The molecule has 1 heterocycles. The van der Waals surface area contributed by atoms with Crippen molar-refractivity contribution >= 4 is 23.2 Å². The van der Waals surface area contributed by atoms with Crippen LogP contribution in [0, 0.1) is 0 Å². The van der Waals surface area contributed by atoms with Gasteiger partial charge >= 0.3 is 0 Å². The number of methoxy groups -OCH3 is 1. The molecule has 2 rings (SSSR count). The van der Waals surface area contributed by atoms with Crippen molar-refractivity contribution in [2.45, 2.75) is 19.8 Å². The van der Waals surface area contributed by atoms with Gasteiger partial charge in [-0.1, -0.05) is 6.92 Å². The van der Waals surface area contributed by atoms with Gasteiger partial charge in [0.15, 0.2) is 5.78 Å². The van der Waals surface area contributed by atoms with Crippen molar-refractivity contribution in [1.29, 1.82) is 0 Å². The van der Waals surface area contributed by atoms with Gasteiger partial charge in [-0.25, -0.2) is 0 Å². The molecule has 1 aromatic rings. The number of nitrogens with zero attached hydrogens (tertiary/aromatic N) is 1. The molecule has 100 valence electrons. The zero-order chi connectivity index (χ0) is 14.0. The Balaban J connectivity index is 2.31. The number of fused-ring (bicyclic) bond motifs is 1. The number of Topliss-reactive ketones (excluding diaryl/α,β-unsaturated/α-hetero) is 2. The highest BCUT2D eigenvalue weighted by atomic mass is 16.5. The Kier molecular flexibility index (Phi) is 3.64. The maximum absolute atomic E-state index is 11.9. The van der Waals surface area contributed by atoms with E-state index in [9.17, 15) is 14.4 Å². The largest absolute Gasteiger partial charge is 0.497 e. The van der Waals surface area contributed by atoms with Crippen LogP contribution in [0.5, 0.6) is 5.75 Å². The number of carbonyl (C=O) groups excluding carboxylic acids is 3. The van der Waals surface area contributed by atoms with Crippen LogP contribution in [0.1, 0.15) is 30.1 Å². The van der Waals surface area contributed by atoms with E-state index in [4.69, 9.17) is 4.74 Å². The molecule has 0 aliphatic carbocycles. The molecule has 0 spiro atoms. The Morgan fingerprint density at radius 3 is 2.68 bits per heavy atom. The summed E-state index contributed by atoms with van der Waals surface area (Å²) in [7, 11) is 1.49. The lowest BCUT2D eigenvalue weighted by Gasteiger charge is -2.15. The summed E-state index contributed by atoms with van der Waals surface area (Å²) in [6, 6.07) is 4.83. The van der Waals surface area contributed by atoms with Crippen molar-refractivity contribution in [1.82, 2.24) is 0 Å². The Morgan fingerprint density at radius 2 is 2.05 bits per heavy atom. The van der Waals surface area contributed by atoms with Crippen LogP contribution in [0.15, 0.2) is 18.2 Å². The van der Waals surface area contributed by atoms with Gasteiger partial charge in [0.2, 0.25) is 0 Å². The smallest absolute Gasteiger partial charge is 0.299 e. The van der Waals surface area contributed by atoms with Crippen LogP contribution < -0.4 is 9.64 Å². The highest BCUT2D eigenvalue weighted by Crippen LogP contribution is 2.31. The maximum Gasteiger partial charge on any atom is 0.299 e. The maximum atomic E-state index is 11.9. The highest BCUT2D eigenvalue weighted by molar-refractivity contribution is 6.52. The van der Waals surface area contributed by atoms with Gasteiger partial charge in [-0.15, -0.1) is 0 Å². The molecule has 0 fully saturated rings. The van der Waals surface area contributed by atoms with Crippen LogP contribution in [0.25, 0.3) is 0 Å². The first kappa shape index (κ1) is 13.3. The van der Waals surface area contributed by atoms with E-state index in [1.807, 2.05) is 6.92 Å². The number of hydrogen-bond acceptors (Lipinski definition) is 4. The molecule has 1 aromatic carbocycles. The van der Waals surface area contributed by atoms with Crippen LogP contribution in [-0.2, 0) is 9.59 Å². The normalized spacial score (nSPS) is 13.7. The van der Waals surface area contributed by atoms with E-state index in [0.717, 1.165) is 6.42 Å². The quantitative estimate of drug-likeness (QED) is 0.755. The Bertz CT molecular complexity index is 550. The average Bonchev–Trinajstić information content (AvgIpc) is 2.64. The summed E-state index contributed by atoms with van der Waals surface area (Å²) in [5.41, 5.74) is 0.786. The number of rotatable bonds is 5. The number of amides is 1. The molecule has 5 nitrogen and oxygen atoms in total. The number of ether oxygens (including phenoxy) is 1. The minimum Gasteiger partial charge on any atom is -0.497 e. The van der Waals surface area contributed by atoms with Gasteiger partial charge in [-0.2, -0.15) is 0 Å². The number of ketones is 2. The van der Waals surface area contributed by atoms with Crippen molar-refractivity contribution in [3.8, 4) is 5.75 Å². The fourth-order valence-electron chi connectivity index (χ4n) is 2.10. The predicted molar refractivity (Wildman–Crippen MR) is 69.6 cm³/mol. The lowest BCUT2D eigenvalue weighted by molar-refractivity contribution is -0.120. The standard InChI is InChI=1S/C14H15NO4/c1-3-4-9(16)8-15-12-6-5-10(19-2)7-11(12)13(17)14(15)18/h5-7H,3-4,8H2,1-2H3.